The summed E-state index contributed by atoms with van der Waals surface area (Å²) < 4.78 is 0. The zero-order chi connectivity index (χ0) is 23.6. The Balaban J connectivity index is 2.34. The fourth-order valence-electron chi connectivity index (χ4n) is 3.51. The molecule has 0 saturated carbocycles. The lowest BCUT2D eigenvalue weighted by Crippen LogP contribution is -2.51. The van der Waals surface area contributed by atoms with Crippen LogP contribution in [0.3, 0.4) is 0 Å². The number of carbonyl (C=O) groups excluding carboxylic acids is 5. The van der Waals surface area contributed by atoms with Gasteiger partial charge in [-0.15, -0.1) is 0 Å². The van der Waals surface area contributed by atoms with Crippen LogP contribution in [0.15, 0.2) is 0 Å². The SMILES string of the molecule is CCNC(=O)CNC(=O)[C@@H](NC(=O)CCCCCN1C(=O)CC(C(C)C)C1=O)C(C)C. The van der Waals surface area contributed by atoms with Gasteiger partial charge in [0.05, 0.1) is 6.54 Å². The van der Waals surface area contributed by atoms with Crippen molar-refractivity contribution in [2.45, 2.75) is 72.8 Å². The van der Waals surface area contributed by atoms with E-state index in [1.165, 1.54) is 4.90 Å². The van der Waals surface area contributed by atoms with Crippen molar-refractivity contribution < 1.29 is 24.0 Å². The van der Waals surface area contributed by atoms with Crippen molar-refractivity contribution in [2.75, 3.05) is 19.6 Å². The summed E-state index contributed by atoms with van der Waals surface area (Å²) in [6, 6.07) is -0.713. The zero-order valence-electron chi connectivity index (χ0n) is 19.5. The van der Waals surface area contributed by atoms with E-state index in [2.05, 4.69) is 16.0 Å². The molecule has 3 N–H and O–H groups in total. The molecule has 1 aliphatic heterocycles. The number of likely N-dealkylation sites (tertiary alicyclic amines) is 1. The number of carbonyl (C=O) groups is 5. The van der Waals surface area contributed by atoms with Crippen LogP contribution < -0.4 is 16.0 Å². The Bertz CT molecular complexity index is 662. The maximum atomic E-state index is 12.3. The molecule has 9 nitrogen and oxygen atoms in total. The second kappa shape index (κ2) is 13.1. The quantitative estimate of drug-likeness (QED) is 0.292. The van der Waals surface area contributed by atoms with E-state index in [0.717, 1.165) is 0 Å². The van der Waals surface area contributed by atoms with Gasteiger partial charge in [-0.3, -0.25) is 28.9 Å². The van der Waals surface area contributed by atoms with Crippen molar-refractivity contribution >= 4 is 29.5 Å². The van der Waals surface area contributed by atoms with Crippen molar-refractivity contribution in [3.63, 3.8) is 0 Å². The monoisotopic (exact) mass is 438 g/mol. The van der Waals surface area contributed by atoms with E-state index in [-0.39, 0.29) is 66.7 Å². The molecular formula is C22H38N4O5. The highest BCUT2D eigenvalue weighted by molar-refractivity contribution is 6.03. The van der Waals surface area contributed by atoms with Gasteiger partial charge in [-0.05, 0) is 31.6 Å². The molecule has 2 atom stereocenters. The van der Waals surface area contributed by atoms with Gasteiger partial charge in [0.15, 0.2) is 0 Å². The van der Waals surface area contributed by atoms with E-state index in [0.29, 0.717) is 32.4 Å². The van der Waals surface area contributed by atoms with E-state index in [9.17, 15) is 24.0 Å². The third-order valence-corrected chi connectivity index (χ3v) is 5.43. The van der Waals surface area contributed by atoms with Crippen molar-refractivity contribution in [3.05, 3.63) is 0 Å². The molecule has 176 valence electrons. The van der Waals surface area contributed by atoms with Gasteiger partial charge >= 0.3 is 0 Å². The predicted octanol–water partition coefficient (Wildman–Crippen LogP) is 0.971. The molecule has 1 aliphatic rings. The Kier molecular flexibility index (Phi) is 11.2. The maximum absolute atomic E-state index is 12.3. The summed E-state index contributed by atoms with van der Waals surface area (Å²) in [5, 5.41) is 7.88. The Morgan fingerprint density at radius 2 is 1.68 bits per heavy atom. The van der Waals surface area contributed by atoms with Crippen LogP contribution in [0.2, 0.25) is 0 Å². The van der Waals surface area contributed by atoms with E-state index in [1.54, 1.807) is 6.92 Å². The number of rotatable bonds is 13. The van der Waals surface area contributed by atoms with Gasteiger partial charge in [0.2, 0.25) is 29.5 Å². The standard InChI is InChI=1S/C22H38N4O5/c1-6-23-18(28)13-24-21(30)20(15(4)5)25-17(27)10-8-7-9-11-26-19(29)12-16(14(2)3)22(26)31/h14-16,20H,6-13H2,1-5H3,(H,23,28)(H,24,30)(H,25,27)/t16?,20-/m0/s1. The fourth-order valence-corrected chi connectivity index (χ4v) is 3.51. The smallest absolute Gasteiger partial charge is 0.243 e. The molecule has 9 heteroatoms. The van der Waals surface area contributed by atoms with Crippen molar-refractivity contribution in [2.24, 2.45) is 17.8 Å². The number of nitrogens with one attached hydrogen (secondary N) is 3. The summed E-state index contributed by atoms with van der Waals surface area (Å²) in [4.78, 5) is 61.7. The highest BCUT2D eigenvalue weighted by atomic mass is 16.2. The average molecular weight is 439 g/mol. The minimum atomic E-state index is -0.713. The minimum absolute atomic E-state index is 0.0869. The first kappa shape index (κ1) is 26.6. The number of hydrogen-bond donors (Lipinski definition) is 3. The van der Waals surface area contributed by atoms with Gasteiger partial charge in [0.25, 0.3) is 0 Å². The van der Waals surface area contributed by atoms with Gasteiger partial charge in [0, 0.05) is 31.8 Å². The summed E-state index contributed by atoms with van der Waals surface area (Å²) in [5.41, 5.74) is 0. The highest BCUT2D eigenvalue weighted by Gasteiger charge is 2.39. The molecule has 5 amide bonds. The molecule has 31 heavy (non-hydrogen) atoms. The molecule has 1 saturated heterocycles. The summed E-state index contributed by atoms with van der Waals surface area (Å²) in [7, 11) is 0. The number of nitrogens with zero attached hydrogens (tertiary/aromatic N) is 1. The number of hydrogen-bond acceptors (Lipinski definition) is 5. The van der Waals surface area contributed by atoms with E-state index >= 15 is 0 Å². The lowest BCUT2D eigenvalue weighted by atomic mass is 9.94. The molecule has 0 aliphatic carbocycles. The van der Waals surface area contributed by atoms with Crippen LogP contribution in [0.5, 0.6) is 0 Å². The summed E-state index contributed by atoms with van der Waals surface area (Å²) in [6.07, 6.45) is 2.49. The molecule has 1 rings (SSSR count). The molecule has 0 aromatic carbocycles. The Hall–Kier alpha value is -2.45. The third kappa shape index (κ3) is 8.67. The summed E-state index contributed by atoms with van der Waals surface area (Å²) >= 11 is 0. The number of likely N-dealkylation sites (N-methyl/N-ethyl adjacent to an activating group) is 1. The summed E-state index contributed by atoms with van der Waals surface area (Å²) in [6.45, 7) is 10.1. The molecule has 1 fully saturated rings. The van der Waals surface area contributed by atoms with Crippen LogP contribution >= 0.6 is 0 Å². The molecular weight excluding hydrogens is 400 g/mol. The van der Waals surface area contributed by atoms with Gasteiger partial charge in [-0.1, -0.05) is 34.1 Å². The molecule has 1 unspecified atom stereocenters. The molecule has 0 radical (unpaired) electrons. The number of imide groups is 1. The van der Waals surface area contributed by atoms with Gasteiger partial charge < -0.3 is 16.0 Å². The number of amides is 5. The van der Waals surface area contributed by atoms with Gasteiger partial charge in [0.1, 0.15) is 6.04 Å². The highest BCUT2D eigenvalue weighted by Crippen LogP contribution is 2.26. The molecule has 0 aromatic heterocycles. The normalized spacial score (nSPS) is 17.3. The topological polar surface area (TPSA) is 125 Å². The lowest BCUT2D eigenvalue weighted by Gasteiger charge is -2.21. The molecule has 0 bridgehead atoms. The first-order valence-corrected chi connectivity index (χ1v) is 11.3. The van der Waals surface area contributed by atoms with Crippen LogP contribution in [0.25, 0.3) is 0 Å². The Labute approximate surface area is 185 Å². The third-order valence-electron chi connectivity index (χ3n) is 5.43. The summed E-state index contributed by atoms with van der Waals surface area (Å²) in [5.74, 6) is -1.29. The van der Waals surface area contributed by atoms with Crippen molar-refractivity contribution in [1.29, 1.82) is 0 Å². The zero-order valence-corrected chi connectivity index (χ0v) is 19.5. The van der Waals surface area contributed by atoms with Crippen LogP contribution in [-0.4, -0.2) is 60.1 Å². The van der Waals surface area contributed by atoms with Crippen LogP contribution in [-0.2, 0) is 24.0 Å². The Morgan fingerprint density at radius 3 is 2.23 bits per heavy atom. The van der Waals surface area contributed by atoms with Crippen LogP contribution in [0.1, 0.15) is 66.7 Å². The van der Waals surface area contributed by atoms with Crippen LogP contribution in [0, 0.1) is 17.8 Å². The van der Waals surface area contributed by atoms with E-state index in [4.69, 9.17) is 0 Å². The largest absolute Gasteiger partial charge is 0.355 e. The molecule has 0 spiro atoms. The minimum Gasteiger partial charge on any atom is -0.355 e. The maximum Gasteiger partial charge on any atom is 0.243 e. The lowest BCUT2D eigenvalue weighted by molar-refractivity contribution is -0.140. The molecule has 0 aromatic rings. The van der Waals surface area contributed by atoms with Crippen molar-refractivity contribution in [3.8, 4) is 0 Å². The second-order valence-corrected chi connectivity index (χ2v) is 8.71. The second-order valence-electron chi connectivity index (χ2n) is 8.71. The van der Waals surface area contributed by atoms with E-state index < -0.39 is 6.04 Å². The first-order chi connectivity index (χ1) is 14.6. The molecule has 1 heterocycles. The van der Waals surface area contributed by atoms with Crippen LogP contribution in [0.4, 0.5) is 0 Å². The van der Waals surface area contributed by atoms with Gasteiger partial charge in [-0.2, -0.15) is 0 Å². The predicted molar refractivity (Wildman–Crippen MR) is 117 cm³/mol. The fraction of sp³-hybridized carbons (Fsp3) is 0.773. The van der Waals surface area contributed by atoms with Gasteiger partial charge in [-0.25, -0.2) is 0 Å². The number of unbranched alkanes of at least 4 members (excludes halogenated alkanes) is 2. The first-order valence-electron chi connectivity index (χ1n) is 11.3. The Morgan fingerprint density at radius 1 is 1.00 bits per heavy atom. The average Bonchev–Trinajstić information content (AvgIpc) is 2.98. The van der Waals surface area contributed by atoms with E-state index in [1.807, 2.05) is 27.7 Å². The van der Waals surface area contributed by atoms with Crippen molar-refractivity contribution in [1.82, 2.24) is 20.9 Å².